The molecule has 3 heterocycles. The zero-order chi connectivity index (χ0) is 39.7. The summed E-state index contributed by atoms with van der Waals surface area (Å²) in [5.41, 5.74) is 4.74. The maximum atomic E-state index is 10.4. The largest absolute Gasteiger partial charge is 0.497 e. The maximum absolute atomic E-state index is 10.4. The molecule has 304 valence electrons. The van der Waals surface area contributed by atoms with E-state index in [0.29, 0.717) is 24.9 Å². The Morgan fingerprint density at radius 1 is 0.804 bits per heavy atom. The van der Waals surface area contributed by atoms with Gasteiger partial charge < -0.3 is 33.5 Å². The maximum Gasteiger partial charge on any atom is 0.143 e. The van der Waals surface area contributed by atoms with Gasteiger partial charge in [0.25, 0.3) is 0 Å². The predicted molar refractivity (Wildman–Crippen MR) is 223 cm³/mol. The molecule has 0 radical (unpaired) electrons. The molecule has 3 aromatic rings. The molecule has 0 amide bonds. The van der Waals surface area contributed by atoms with Crippen LogP contribution in [0.2, 0.25) is 0 Å². The zero-order valence-electron chi connectivity index (χ0n) is 34.4. The van der Waals surface area contributed by atoms with Crippen LogP contribution in [0.4, 0.5) is 0 Å². The minimum atomic E-state index is -0.776. The minimum Gasteiger partial charge on any atom is -0.497 e. The lowest BCUT2D eigenvalue weighted by Crippen LogP contribution is -2.39. The summed E-state index contributed by atoms with van der Waals surface area (Å²) in [5, 5.41) is 10.4. The summed E-state index contributed by atoms with van der Waals surface area (Å²) in [6.45, 7) is 16.2. The van der Waals surface area contributed by atoms with Gasteiger partial charge in [-0.1, -0.05) is 113 Å². The van der Waals surface area contributed by atoms with Crippen molar-refractivity contribution in [2.45, 2.75) is 127 Å². The second kappa shape index (κ2) is 19.9. The molecule has 0 saturated carbocycles. The Balaban J connectivity index is 1.04. The van der Waals surface area contributed by atoms with E-state index in [1.807, 2.05) is 24.3 Å². The van der Waals surface area contributed by atoms with Crippen molar-refractivity contribution in [3.63, 3.8) is 0 Å². The summed E-state index contributed by atoms with van der Waals surface area (Å²) in [6.07, 6.45) is 7.93. The summed E-state index contributed by atoms with van der Waals surface area (Å²) < 4.78 is 38.5. The fourth-order valence-electron chi connectivity index (χ4n) is 9.30. The third-order valence-electron chi connectivity index (χ3n) is 12.8. The topological polar surface area (TPSA) is 75.6 Å². The SMILES string of the molecule is C=C1CC(CCCOC(c2ccccc2)(c2ccccc2)c2ccc(OC)cc2)O[C@H]1CCC1C[C@@H](C)C(=C)[C@@H](CC2O[C@H](C[C@H](C)CC)[C@H](OC)[C@H]2CO)O1. The van der Waals surface area contributed by atoms with Crippen LogP contribution in [0.25, 0.3) is 0 Å². The molecule has 3 fully saturated rings. The van der Waals surface area contributed by atoms with E-state index in [4.69, 9.17) is 28.4 Å². The number of rotatable bonds is 19. The number of ether oxygens (including phenoxy) is 6. The summed E-state index contributed by atoms with van der Waals surface area (Å²) in [5.74, 6) is 1.62. The molecule has 0 aliphatic carbocycles. The molecular weight excluding hydrogens is 701 g/mol. The first-order chi connectivity index (χ1) is 27.2. The van der Waals surface area contributed by atoms with Crippen LogP contribution in [-0.4, -0.2) is 75.3 Å². The van der Waals surface area contributed by atoms with E-state index in [1.54, 1.807) is 14.2 Å². The van der Waals surface area contributed by atoms with Crippen molar-refractivity contribution in [2.24, 2.45) is 17.8 Å². The molecule has 1 N–H and O–H groups in total. The van der Waals surface area contributed by atoms with Gasteiger partial charge in [-0.2, -0.15) is 0 Å². The van der Waals surface area contributed by atoms with E-state index in [0.717, 1.165) is 79.4 Å². The van der Waals surface area contributed by atoms with Crippen LogP contribution in [0.5, 0.6) is 5.75 Å². The molecular formula is C49H66O7. The Kier molecular flexibility index (Phi) is 15.0. The highest BCUT2D eigenvalue weighted by atomic mass is 16.6. The molecule has 0 spiro atoms. The van der Waals surface area contributed by atoms with Gasteiger partial charge in [0.1, 0.15) is 11.4 Å². The normalized spacial score (nSPS) is 28.8. The van der Waals surface area contributed by atoms with Crippen LogP contribution in [0.15, 0.2) is 109 Å². The Bertz CT molecular complexity index is 1620. The van der Waals surface area contributed by atoms with Crippen LogP contribution < -0.4 is 4.74 Å². The Morgan fingerprint density at radius 2 is 1.45 bits per heavy atom. The molecule has 3 saturated heterocycles. The van der Waals surface area contributed by atoms with Crippen LogP contribution in [0, 0.1) is 17.8 Å². The van der Waals surface area contributed by atoms with Crippen molar-refractivity contribution < 1.29 is 33.5 Å². The summed E-state index contributed by atoms with van der Waals surface area (Å²) in [7, 11) is 3.43. The zero-order valence-corrected chi connectivity index (χ0v) is 34.4. The van der Waals surface area contributed by atoms with E-state index in [9.17, 15) is 5.11 Å². The quantitative estimate of drug-likeness (QED) is 0.0740. The smallest absolute Gasteiger partial charge is 0.143 e. The molecule has 3 aromatic carbocycles. The predicted octanol–water partition coefficient (Wildman–Crippen LogP) is 9.84. The summed E-state index contributed by atoms with van der Waals surface area (Å²) in [6, 6.07) is 29.2. The van der Waals surface area contributed by atoms with Gasteiger partial charge in [0.15, 0.2) is 0 Å². The molecule has 6 rings (SSSR count). The number of aliphatic hydroxyl groups excluding tert-OH is 1. The van der Waals surface area contributed by atoms with Crippen molar-refractivity contribution in [1.29, 1.82) is 0 Å². The van der Waals surface area contributed by atoms with Gasteiger partial charge in [0.05, 0.1) is 56.4 Å². The first-order valence-electron chi connectivity index (χ1n) is 21.1. The molecule has 7 nitrogen and oxygen atoms in total. The first kappa shape index (κ1) is 42.3. The molecule has 0 aromatic heterocycles. The molecule has 56 heavy (non-hydrogen) atoms. The van der Waals surface area contributed by atoms with Gasteiger partial charge in [-0.3, -0.25) is 0 Å². The average Bonchev–Trinajstić information content (AvgIpc) is 3.76. The Hall–Kier alpha value is -3.30. The number of hydrogen-bond donors (Lipinski definition) is 1. The minimum absolute atomic E-state index is 0.0176. The van der Waals surface area contributed by atoms with E-state index in [1.165, 1.54) is 5.57 Å². The van der Waals surface area contributed by atoms with Gasteiger partial charge in [-0.15, -0.1) is 0 Å². The van der Waals surface area contributed by atoms with Crippen LogP contribution in [0.1, 0.15) is 95.2 Å². The van der Waals surface area contributed by atoms with Crippen molar-refractivity contribution in [3.05, 3.63) is 126 Å². The van der Waals surface area contributed by atoms with E-state index < -0.39 is 5.60 Å². The third kappa shape index (κ3) is 9.69. The number of benzene rings is 3. The molecule has 3 unspecified atom stereocenters. The van der Waals surface area contributed by atoms with Gasteiger partial charge in [-0.05, 0) is 96.8 Å². The van der Waals surface area contributed by atoms with Crippen LogP contribution >= 0.6 is 0 Å². The van der Waals surface area contributed by atoms with Crippen molar-refractivity contribution >= 4 is 0 Å². The Labute approximate surface area is 336 Å². The lowest BCUT2D eigenvalue weighted by molar-refractivity contribution is -0.0767. The van der Waals surface area contributed by atoms with Crippen molar-refractivity contribution in [3.8, 4) is 5.75 Å². The molecule has 7 heteroatoms. The van der Waals surface area contributed by atoms with Gasteiger partial charge >= 0.3 is 0 Å². The van der Waals surface area contributed by atoms with Crippen molar-refractivity contribution in [1.82, 2.24) is 0 Å². The monoisotopic (exact) mass is 766 g/mol. The fraction of sp³-hybridized carbons (Fsp3) is 0.551. The van der Waals surface area contributed by atoms with Crippen molar-refractivity contribution in [2.75, 3.05) is 27.4 Å². The standard InChI is InChI=1S/C49H66O7/c1-8-33(2)28-47-48(52-7)43(32-50)46(56-47)31-45-36(5)34(3)29-42(55-45)25-26-44-35(4)30-41(54-44)20-15-27-53-49(37-16-11-9-12-17-37,38-18-13-10-14-19-38)39-21-23-40(51-6)24-22-39/h9-14,16-19,21-24,33-34,41-48,50H,4-5,8,15,20,25-32H2,1-3,6-7H3/t33-,34-,41?,42?,43+,44+,45-,46?,47-,48-/m1/s1. The second-order valence-corrected chi connectivity index (χ2v) is 16.5. The van der Waals surface area contributed by atoms with Crippen LogP contribution in [-0.2, 0) is 29.3 Å². The lowest BCUT2D eigenvalue weighted by atomic mass is 9.80. The molecule has 3 aliphatic rings. The van der Waals surface area contributed by atoms with Crippen LogP contribution in [0.3, 0.4) is 0 Å². The average molecular weight is 767 g/mol. The highest BCUT2D eigenvalue weighted by Crippen LogP contribution is 2.43. The highest BCUT2D eigenvalue weighted by Gasteiger charge is 2.47. The summed E-state index contributed by atoms with van der Waals surface area (Å²) in [4.78, 5) is 0. The first-order valence-corrected chi connectivity index (χ1v) is 21.1. The van der Waals surface area contributed by atoms with Gasteiger partial charge in [-0.25, -0.2) is 0 Å². The van der Waals surface area contributed by atoms with E-state index in [-0.39, 0.29) is 55.3 Å². The highest BCUT2D eigenvalue weighted by molar-refractivity contribution is 5.48. The fourth-order valence-corrected chi connectivity index (χ4v) is 9.30. The van der Waals surface area contributed by atoms with E-state index in [2.05, 4.69) is 94.6 Å². The van der Waals surface area contributed by atoms with E-state index >= 15 is 0 Å². The lowest BCUT2D eigenvalue weighted by Gasteiger charge is -2.38. The molecule has 0 bridgehead atoms. The summed E-state index contributed by atoms with van der Waals surface area (Å²) >= 11 is 0. The number of methoxy groups -OCH3 is 2. The number of aliphatic hydroxyl groups is 1. The second-order valence-electron chi connectivity index (χ2n) is 16.5. The van der Waals surface area contributed by atoms with Gasteiger partial charge in [0, 0.05) is 26.1 Å². The molecule has 10 atom stereocenters. The third-order valence-corrected chi connectivity index (χ3v) is 12.8. The molecule has 3 aliphatic heterocycles. The Morgan fingerprint density at radius 3 is 2.05 bits per heavy atom. The van der Waals surface area contributed by atoms with Gasteiger partial charge in [0.2, 0.25) is 0 Å². The number of hydrogen-bond acceptors (Lipinski definition) is 7.